The van der Waals surface area contributed by atoms with Crippen molar-refractivity contribution in [3.05, 3.63) is 0 Å². The van der Waals surface area contributed by atoms with Crippen molar-refractivity contribution in [2.24, 2.45) is 10.9 Å². The van der Waals surface area contributed by atoms with Gasteiger partial charge in [0.05, 0.1) is 12.1 Å². The van der Waals surface area contributed by atoms with Gasteiger partial charge >= 0.3 is 0 Å². The molecule has 0 aromatic carbocycles. The highest BCUT2D eigenvalue weighted by molar-refractivity contribution is 5.81. The third-order valence-electron chi connectivity index (χ3n) is 2.79. The molecule has 15 heavy (non-hydrogen) atoms. The van der Waals surface area contributed by atoms with E-state index in [9.17, 15) is 4.79 Å². The molecule has 1 amide bonds. The van der Waals surface area contributed by atoms with Gasteiger partial charge in [-0.1, -0.05) is 0 Å². The summed E-state index contributed by atoms with van der Waals surface area (Å²) in [6, 6.07) is 0.0480. The van der Waals surface area contributed by atoms with E-state index >= 15 is 0 Å². The van der Waals surface area contributed by atoms with Crippen LogP contribution < -0.4 is 22.3 Å². The molecule has 8 heteroatoms. The van der Waals surface area contributed by atoms with E-state index in [1.165, 1.54) is 0 Å². The number of hydrazine groups is 3. The van der Waals surface area contributed by atoms with Gasteiger partial charge < -0.3 is 0 Å². The minimum Gasteiger partial charge on any atom is -0.293 e. The van der Waals surface area contributed by atoms with Crippen molar-refractivity contribution < 1.29 is 4.79 Å². The van der Waals surface area contributed by atoms with Crippen LogP contribution in [0, 0.1) is 0 Å². The van der Waals surface area contributed by atoms with Gasteiger partial charge in [-0.3, -0.25) is 20.1 Å². The molecule has 8 nitrogen and oxygen atoms in total. The first-order valence-electron chi connectivity index (χ1n) is 4.75. The molecule has 0 saturated carbocycles. The van der Waals surface area contributed by atoms with Crippen LogP contribution in [-0.4, -0.2) is 47.8 Å². The SMILES string of the molecule is CN1C[C@@H](N2C=NNN2)CC1C(=O)NN. The van der Waals surface area contributed by atoms with Gasteiger partial charge in [0.2, 0.25) is 0 Å². The molecular weight excluding hydrogens is 198 g/mol. The van der Waals surface area contributed by atoms with E-state index in [1.807, 2.05) is 17.0 Å². The zero-order valence-corrected chi connectivity index (χ0v) is 8.47. The molecule has 0 aromatic heterocycles. The van der Waals surface area contributed by atoms with Gasteiger partial charge in [0.1, 0.15) is 6.34 Å². The second-order valence-electron chi connectivity index (χ2n) is 3.73. The van der Waals surface area contributed by atoms with Crippen molar-refractivity contribution in [3.8, 4) is 0 Å². The monoisotopic (exact) mass is 213 g/mol. The molecule has 0 aliphatic carbocycles. The Hall–Kier alpha value is -1.38. The number of nitrogens with one attached hydrogen (secondary N) is 3. The number of nitrogens with two attached hydrogens (primary N) is 1. The minimum atomic E-state index is -0.171. The van der Waals surface area contributed by atoms with E-state index in [-0.39, 0.29) is 18.0 Å². The highest BCUT2D eigenvalue weighted by atomic mass is 16.2. The first kappa shape index (κ1) is 10.1. The molecule has 2 rings (SSSR count). The van der Waals surface area contributed by atoms with Crippen LogP contribution in [0.25, 0.3) is 0 Å². The number of hydrazone groups is 1. The summed E-state index contributed by atoms with van der Waals surface area (Å²) in [4.78, 5) is 13.4. The van der Waals surface area contributed by atoms with Gasteiger partial charge in [-0.2, -0.15) is 5.10 Å². The van der Waals surface area contributed by atoms with Crippen LogP contribution in [0.3, 0.4) is 0 Å². The average molecular weight is 213 g/mol. The molecule has 2 atom stereocenters. The van der Waals surface area contributed by atoms with Gasteiger partial charge in [0.25, 0.3) is 5.91 Å². The number of hydrogen-bond donors (Lipinski definition) is 4. The summed E-state index contributed by atoms with van der Waals surface area (Å²) in [7, 11) is 1.90. The maximum absolute atomic E-state index is 11.4. The molecule has 0 radical (unpaired) electrons. The second-order valence-corrected chi connectivity index (χ2v) is 3.73. The third kappa shape index (κ3) is 1.87. The zero-order valence-electron chi connectivity index (χ0n) is 8.47. The minimum absolute atomic E-state index is 0.149. The Kier molecular flexibility index (Phi) is 2.71. The average Bonchev–Trinajstić information content (AvgIpc) is 2.84. The summed E-state index contributed by atoms with van der Waals surface area (Å²) in [6.45, 7) is 0.790. The van der Waals surface area contributed by atoms with Crippen LogP contribution in [0.4, 0.5) is 0 Å². The topological polar surface area (TPSA) is 98.0 Å². The number of nitrogens with zero attached hydrogens (tertiary/aromatic N) is 3. The van der Waals surface area contributed by atoms with Crippen LogP contribution in [0.2, 0.25) is 0 Å². The summed E-state index contributed by atoms with van der Waals surface area (Å²) in [6.07, 6.45) is 2.39. The number of carbonyl (C=O) groups is 1. The number of rotatable bonds is 2. The molecular formula is C7H15N7O. The molecule has 0 spiro atoms. The van der Waals surface area contributed by atoms with E-state index < -0.39 is 0 Å². The van der Waals surface area contributed by atoms with Crippen LogP contribution in [-0.2, 0) is 4.79 Å². The number of carbonyl (C=O) groups excluding carboxylic acids is 1. The van der Waals surface area contributed by atoms with Crippen molar-refractivity contribution in [3.63, 3.8) is 0 Å². The van der Waals surface area contributed by atoms with Crippen molar-refractivity contribution in [2.75, 3.05) is 13.6 Å². The summed E-state index contributed by atoms with van der Waals surface area (Å²) < 4.78 is 0. The summed E-state index contributed by atoms with van der Waals surface area (Å²) in [5.41, 5.74) is 7.67. The van der Waals surface area contributed by atoms with Crippen LogP contribution in [0.5, 0.6) is 0 Å². The van der Waals surface area contributed by atoms with Gasteiger partial charge in [0.15, 0.2) is 0 Å². The molecule has 1 unspecified atom stereocenters. The Labute approximate surface area is 87.4 Å². The Bertz CT molecular complexity index is 281. The van der Waals surface area contributed by atoms with Gasteiger partial charge in [-0.15, -0.1) is 5.53 Å². The highest BCUT2D eigenvalue weighted by Gasteiger charge is 2.37. The number of amides is 1. The molecule has 5 N–H and O–H groups in total. The first-order chi connectivity index (χ1) is 7.22. The first-order valence-corrected chi connectivity index (χ1v) is 4.75. The molecule has 1 saturated heterocycles. The molecule has 0 bridgehead atoms. The smallest absolute Gasteiger partial charge is 0.251 e. The predicted octanol–water partition coefficient (Wildman–Crippen LogP) is -2.68. The van der Waals surface area contributed by atoms with Crippen LogP contribution in [0.1, 0.15) is 6.42 Å². The zero-order chi connectivity index (χ0) is 10.8. The fraction of sp³-hybridized carbons (Fsp3) is 0.714. The number of hydrogen-bond acceptors (Lipinski definition) is 7. The fourth-order valence-corrected chi connectivity index (χ4v) is 1.97. The number of likely N-dealkylation sites (N-methyl/N-ethyl adjacent to an activating group) is 1. The van der Waals surface area contributed by atoms with E-state index in [0.29, 0.717) is 0 Å². The third-order valence-corrected chi connectivity index (χ3v) is 2.79. The van der Waals surface area contributed by atoms with Crippen molar-refractivity contribution in [1.82, 2.24) is 26.4 Å². The van der Waals surface area contributed by atoms with Crippen LogP contribution in [0.15, 0.2) is 5.10 Å². The molecule has 2 aliphatic rings. The molecule has 0 aromatic rings. The van der Waals surface area contributed by atoms with Gasteiger partial charge in [-0.25, -0.2) is 11.4 Å². The maximum Gasteiger partial charge on any atom is 0.251 e. The molecule has 2 aliphatic heterocycles. The van der Waals surface area contributed by atoms with Gasteiger partial charge in [-0.05, 0) is 13.5 Å². The lowest BCUT2D eigenvalue weighted by Crippen LogP contribution is -2.45. The quantitative estimate of drug-likeness (QED) is 0.227. The van der Waals surface area contributed by atoms with E-state index in [4.69, 9.17) is 5.84 Å². The van der Waals surface area contributed by atoms with Crippen molar-refractivity contribution >= 4 is 12.2 Å². The standard InChI is InChI=1S/C7H15N7O/c1-13-3-5(14-4-9-11-12-14)2-6(13)7(15)10-8/h4-6,11-12H,2-3,8H2,1H3,(H,10,15)/t5-,6?/m0/s1. The van der Waals surface area contributed by atoms with E-state index in [1.54, 1.807) is 6.34 Å². The largest absolute Gasteiger partial charge is 0.293 e. The van der Waals surface area contributed by atoms with Crippen molar-refractivity contribution in [1.29, 1.82) is 0 Å². The van der Waals surface area contributed by atoms with E-state index in [2.05, 4.69) is 21.6 Å². The fourth-order valence-electron chi connectivity index (χ4n) is 1.97. The number of likely N-dealkylation sites (tertiary alicyclic amines) is 1. The summed E-state index contributed by atoms with van der Waals surface area (Å²) in [5.74, 6) is 4.97. The van der Waals surface area contributed by atoms with Crippen molar-refractivity contribution in [2.45, 2.75) is 18.5 Å². The maximum atomic E-state index is 11.4. The Morgan fingerprint density at radius 3 is 3.13 bits per heavy atom. The molecule has 1 fully saturated rings. The normalized spacial score (nSPS) is 30.7. The lowest BCUT2D eigenvalue weighted by Gasteiger charge is -2.20. The Balaban J connectivity index is 1.96. The Morgan fingerprint density at radius 1 is 1.73 bits per heavy atom. The van der Waals surface area contributed by atoms with Crippen LogP contribution >= 0.6 is 0 Å². The summed E-state index contributed by atoms with van der Waals surface area (Å²) in [5, 5.41) is 5.67. The molecule has 2 heterocycles. The highest BCUT2D eigenvalue weighted by Crippen LogP contribution is 2.19. The lowest BCUT2D eigenvalue weighted by atomic mass is 10.1. The van der Waals surface area contributed by atoms with Gasteiger partial charge in [0, 0.05) is 6.54 Å². The Morgan fingerprint density at radius 2 is 2.53 bits per heavy atom. The lowest BCUT2D eigenvalue weighted by molar-refractivity contribution is -0.125. The second kappa shape index (κ2) is 4.01. The molecule has 84 valence electrons. The predicted molar refractivity (Wildman–Crippen MR) is 53.8 cm³/mol. The summed E-state index contributed by atoms with van der Waals surface area (Å²) >= 11 is 0. The van der Waals surface area contributed by atoms with E-state index in [0.717, 1.165) is 13.0 Å².